The molecule has 0 spiro atoms. The highest BCUT2D eigenvalue weighted by atomic mass is 32.2. The molecule has 0 aromatic heterocycles. The van der Waals surface area contributed by atoms with Crippen molar-refractivity contribution in [3.05, 3.63) is 29.8 Å². The van der Waals surface area contributed by atoms with Gasteiger partial charge in [-0.25, -0.2) is 0 Å². The fraction of sp³-hybridized carbons (Fsp3) is 0.471. The Kier molecular flexibility index (Phi) is 6.25. The van der Waals surface area contributed by atoms with Crippen LogP contribution in [-0.2, 0) is 9.59 Å². The minimum Gasteiger partial charge on any atom is -0.355 e. The molecule has 24 heavy (non-hydrogen) atoms. The van der Waals surface area contributed by atoms with E-state index in [0.717, 1.165) is 6.42 Å². The predicted octanol–water partition coefficient (Wildman–Crippen LogP) is 1.93. The van der Waals surface area contributed by atoms with E-state index in [2.05, 4.69) is 10.6 Å². The maximum absolute atomic E-state index is 12.5. The molecule has 3 amide bonds. The Bertz CT molecular complexity index is 618. The first-order chi connectivity index (χ1) is 11.5. The van der Waals surface area contributed by atoms with E-state index in [9.17, 15) is 14.4 Å². The fourth-order valence-corrected chi connectivity index (χ4v) is 3.57. The van der Waals surface area contributed by atoms with Gasteiger partial charge in [-0.2, -0.15) is 0 Å². The Hall–Kier alpha value is -2.02. The lowest BCUT2D eigenvalue weighted by Crippen LogP contribution is -2.46. The molecule has 6 nitrogen and oxygen atoms in total. The van der Waals surface area contributed by atoms with Crippen LogP contribution >= 0.6 is 11.8 Å². The molecule has 1 fully saturated rings. The number of hydrogen-bond donors (Lipinski definition) is 2. The van der Waals surface area contributed by atoms with Crippen LogP contribution < -0.4 is 10.6 Å². The largest absolute Gasteiger partial charge is 0.355 e. The average molecular weight is 349 g/mol. The number of carbonyl (C=O) groups excluding carboxylic acids is 3. The summed E-state index contributed by atoms with van der Waals surface area (Å²) in [7, 11) is 1.57. The van der Waals surface area contributed by atoms with Crippen LogP contribution in [0, 0.1) is 5.92 Å². The SMILES string of the molecule is CC[C@H](C)C(=O)N1CSC[C@H]1C(=O)Nc1ccc(C(=O)NC)cc1. The van der Waals surface area contributed by atoms with Gasteiger partial charge in [0.05, 0.1) is 5.88 Å². The number of nitrogens with zero attached hydrogens (tertiary/aromatic N) is 1. The van der Waals surface area contributed by atoms with Crippen molar-refractivity contribution in [1.82, 2.24) is 10.2 Å². The van der Waals surface area contributed by atoms with Gasteiger partial charge in [-0.05, 0) is 30.7 Å². The third-order valence-electron chi connectivity index (χ3n) is 4.14. The number of thioether (sulfide) groups is 1. The van der Waals surface area contributed by atoms with E-state index in [1.54, 1.807) is 48.0 Å². The third kappa shape index (κ3) is 4.08. The summed E-state index contributed by atoms with van der Waals surface area (Å²) in [6.45, 7) is 3.85. The zero-order chi connectivity index (χ0) is 17.7. The van der Waals surface area contributed by atoms with E-state index >= 15 is 0 Å². The van der Waals surface area contributed by atoms with E-state index in [4.69, 9.17) is 0 Å². The number of nitrogens with one attached hydrogen (secondary N) is 2. The molecular formula is C17H23N3O3S. The molecule has 0 unspecified atom stereocenters. The first-order valence-electron chi connectivity index (χ1n) is 7.99. The van der Waals surface area contributed by atoms with Crippen molar-refractivity contribution >= 4 is 35.2 Å². The van der Waals surface area contributed by atoms with Crippen LogP contribution in [0.3, 0.4) is 0 Å². The highest BCUT2D eigenvalue weighted by molar-refractivity contribution is 7.99. The van der Waals surface area contributed by atoms with Gasteiger partial charge in [0.1, 0.15) is 6.04 Å². The van der Waals surface area contributed by atoms with Crippen molar-refractivity contribution in [2.75, 3.05) is 24.0 Å². The Morgan fingerprint density at radius 2 is 1.96 bits per heavy atom. The quantitative estimate of drug-likeness (QED) is 0.851. The number of amides is 3. The van der Waals surface area contributed by atoms with Gasteiger partial charge in [0.25, 0.3) is 5.91 Å². The average Bonchev–Trinajstić information content (AvgIpc) is 3.10. The van der Waals surface area contributed by atoms with Crippen LogP contribution in [0.2, 0.25) is 0 Å². The number of rotatable bonds is 5. The predicted molar refractivity (Wildman–Crippen MR) is 95.9 cm³/mol. The van der Waals surface area contributed by atoms with Crippen molar-refractivity contribution < 1.29 is 14.4 Å². The van der Waals surface area contributed by atoms with E-state index in [0.29, 0.717) is 22.9 Å². The summed E-state index contributed by atoms with van der Waals surface area (Å²) >= 11 is 1.59. The van der Waals surface area contributed by atoms with Crippen molar-refractivity contribution in [3.63, 3.8) is 0 Å². The normalized spacial score (nSPS) is 18.1. The Balaban J connectivity index is 2.03. The second-order valence-electron chi connectivity index (χ2n) is 5.78. The molecule has 1 saturated heterocycles. The molecule has 1 aliphatic heterocycles. The lowest BCUT2D eigenvalue weighted by atomic mass is 10.1. The van der Waals surface area contributed by atoms with Crippen LogP contribution in [0.5, 0.6) is 0 Å². The number of benzene rings is 1. The Morgan fingerprint density at radius 1 is 1.29 bits per heavy atom. The van der Waals surface area contributed by atoms with E-state index in [-0.39, 0.29) is 23.6 Å². The maximum atomic E-state index is 12.5. The molecule has 0 saturated carbocycles. The highest BCUT2D eigenvalue weighted by Crippen LogP contribution is 2.25. The van der Waals surface area contributed by atoms with Gasteiger partial charge in [0, 0.05) is 30.0 Å². The number of carbonyl (C=O) groups is 3. The van der Waals surface area contributed by atoms with E-state index in [1.165, 1.54) is 0 Å². The summed E-state index contributed by atoms with van der Waals surface area (Å²) in [6, 6.07) is 6.23. The molecule has 7 heteroatoms. The smallest absolute Gasteiger partial charge is 0.251 e. The van der Waals surface area contributed by atoms with Crippen molar-refractivity contribution in [2.24, 2.45) is 5.92 Å². The van der Waals surface area contributed by atoms with Gasteiger partial charge in [-0.15, -0.1) is 11.8 Å². The van der Waals surface area contributed by atoms with Gasteiger partial charge < -0.3 is 15.5 Å². The highest BCUT2D eigenvalue weighted by Gasteiger charge is 2.36. The third-order valence-corrected chi connectivity index (χ3v) is 5.16. The zero-order valence-corrected chi connectivity index (χ0v) is 15.0. The molecule has 130 valence electrons. The molecule has 0 bridgehead atoms. The van der Waals surface area contributed by atoms with Crippen LogP contribution in [0.1, 0.15) is 30.6 Å². The minimum absolute atomic E-state index is 0.0256. The van der Waals surface area contributed by atoms with Crippen molar-refractivity contribution in [2.45, 2.75) is 26.3 Å². The van der Waals surface area contributed by atoms with Crippen LogP contribution in [0.15, 0.2) is 24.3 Å². The first kappa shape index (κ1) is 18.3. The molecule has 2 rings (SSSR count). The van der Waals surface area contributed by atoms with Gasteiger partial charge >= 0.3 is 0 Å². The van der Waals surface area contributed by atoms with Crippen LogP contribution in [0.4, 0.5) is 5.69 Å². The molecule has 0 aliphatic carbocycles. The number of hydrogen-bond acceptors (Lipinski definition) is 4. The summed E-state index contributed by atoms with van der Waals surface area (Å²) in [5.74, 6) is 0.736. The van der Waals surface area contributed by atoms with Gasteiger partial charge in [0.2, 0.25) is 11.8 Å². The standard InChI is InChI=1S/C17H23N3O3S/c1-4-11(2)17(23)20-10-24-9-14(20)16(22)19-13-7-5-12(6-8-13)15(21)18-3/h5-8,11,14H,4,9-10H2,1-3H3,(H,18,21)(H,19,22)/t11-,14-/m0/s1. The maximum Gasteiger partial charge on any atom is 0.251 e. The molecule has 2 N–H and O–H groups in total. The fourth-order valence-electron chi connectivity index (χ4n) is 2.41. The Morgan fingerprint density at radius 3 is 2.54 bits per heavy atom. The topological polar surface area (TPSA) is 78.5 Å². The molecule has 2 atom stereocenters. The summed E-state index contributed by atoms with van der Waals surface area (Å²) in [6.07, 6.45) is 0.759. The van der Waals surface area contributed by atoms with Crippen molar-refractivity contribution in [3.8, 4) is 0 Å². The second-order valence-corrected chi connectivity index (χ2v) is 6.78. The molecule has 1 aromatic carbocycles. The first-order valence-corrected chi connectivity index (χ1v) is 9.14. The lowest BCUT2D eigenvalue weighted by molar-refractivity contribution is -0.139. The summed E-state index contributed by atoms with van der Waals surface area (Å²) in [5.41, 5.74) is 1.14. The van der Waals surface area contributed by atoms with E-state index in [1.807, 2.05) is 13.8 Å². The van der Waals surface area contributed by atoms with Crippen molar-refractivity contribution in [1.29, 1.82) is 0 Å². The zero-order valence-electron chi connectivity index (χ0n) is 14.2. The van der Waals surface area contributed by atoms with Gasteiger partial charge in [-0.3, -0.25) is 14.4 Å². The van der Waals surface area contributed by atoms with Gasteiger partial charge in [0.15, 0.2) is 0 Å². The molecule has 0 radical (unpaired) electrons. The second kappa shape index (κ2) is 8.19. The summed E-state index contributed by atoms with van der Waals surface area (Å²) < 4.78 is 0. The monoisotopic (exact) mass is 349 g/mol. The van der Waals surface area contributed by atoms with Crippen LogP contribution in [-0.4, -0.2) is 47.3 Å². The number of anilines is 1. The molecular weight excluding hydrogens is 326 g/mol. The van der Waals surface area contributed by atoms with Gasteiger partial charge in [-0.1, -0.05) is 13.8 Å². The molecule has 1 aromatic rings. The summed E-state index contributed by atoms with van der Waals surface area (Å²) in [5, 5.41) is 5.38. The molecule has 1 aliphatic rings. The lowest BCUT2D eigenvalue weighted by Gasteiger charge is -2.25. The van der Waals surface area contributed by atoms with E-state index < -0.39 is 6.04 Å². The minimum atomic E-state index is -0.449. The molecule has 1 heterocycles. The summed E-state index contributed by atoms with van der Waals surface area (Å²) in [4.78, 5) is 38.1. The van der Waals surface area contributed by atoms with Crippen LogP contribution in [0.25, 0.3) is 0 Å². The Labute approximate surface area is 146 Å².